The highest BCUT2D eigenvalue weighted by atomic mass is 16.4. The third-order valence-electron chi connectivity index (χ3n) is 5.21. The van der Waals surface area contributed by atoms with Gasteiger partial charge in [0.05, 0.1) is 18.5 Å². The SMILES string of the molecule is Cc1oc2cc3oc(=O)c(CC(=O)N(C)CC(=O)N(C)C)c(C)c3cc2c1C. The van der Waals surface area contributed by atoms with Crippen LogP contribution in [-0.2, 0) is 16.0 Å². The van der Waals surface area contributed by atoms with Crippen LogP contribution in [-0.4, -0.2) is 49.3 Å². The van der Waals surface area contributed by atoms with Gasteiger partial charge in [0, 0.05) is 38.0 Å². The van der Waals surface area contributed by atoms with E-state index in [0.29, 0.717) is 22.3 Å². The molecule has 7 heteroatoms. The number of hydrogen-bond donors (Lipinski definition) is 0. The van der Waals surface area contributed by atoms with Crippen molar-refractivity contribution in [3.05, 3.63) is 45.0 Å². The fourth-order valence-electron chi connectivity index (χ4n) is 3.15. The van der Waals surface area contributed by atoms with E-state index in [9.17, 15) is 14.4 Å². The number of fused-ring (bicyclic) bond motifs is 2. The maximum Gasteiger partial charge on any atom is 0.340 e. The van der Waals surface area contributed by atoms with Gasteiger partial charge in [-0.25, -0.2) is 4.79 Å². The molecule has 28 heavy (non-hydrogen) atoms. The topological polar surface area (TPSA) is 84.0 Å². The Morgan fingerprint density at radius 3 is 2.14 bits per heavy atom. The Balaban J connectivity index is 2.00. The minimum absolute atomic E-state index is 0.0437. The van der Waals surface area contributed by atoms with E-state index >= 15 is 0 Å². The number of nitrogens with zero attached hydrogens (tertiary/aromatic N) is 2. The van der Waals surface area contributed by atoms with Crippen molar-refractivity contribution in [1.29, 1.82) is 0 Å². The van der Waals surface area contributed by atoms with Crippen LogP contribution < -0.4 is 5.63 Å². The lowest BCUT2D eigenvalue weighted by Crippen LogP contribution is -2.39. The van der Waals surface area contributed by atoms with Crippen molar-refractivity contribution in [3.63, 3.8) is 0 Å². The summed E-state index contributed by atoms with van der Waals surface area (Å²) in [6.45, 7) is 5.62. The summed E-state index contributed by atoms with van der Waals surface area (Å²) in [6, 6.07) is 3.65. The molecule has 0 aliphatic carbocycles. The van der Waals surface area contributed by atoms with Gasteiger partial charge < -0.3 is 18.6 Å². The van der Waals surface area contributed by atoms with Crippen molar-refractivity contribution in [2.75, 3.05) is 27.7 Å². The summed E-state index contributed by atoms with van der Waals surface area (Å²) in [7, 11) is 4.80. The standard InChI is InChI=1S/C21H24N2O5/c1-11-13(3)27-17-9-18-15(7-14(11)17)12(2)16(21(26)28-18)8-19(24)23(6)10-20(25)22(4)5/h7,9H,8,10H2,1-6H3. The van der Waals surface area contributed by atoms with Crippen LogP contribution in [0.4, 0.5) is 0 Å². The number of likely N-dealkylation sites (N-methyl/N-ethyl adjacent to an activating group) is 2. The molecule has 0 fully saturated rings. The molecule has 0 aliphatic rings. The number of aryl methyl sites for hydroxylation is 3. The second-order valence-electron chi connectivity index (χ2n) is 7.34. The molecule has 2 amide bonds. The second kappa shape index (κ2) is 7.14. The largest absolute Gasteiger partial charge is 0.461 e. The third kappa shape index (κ3) is 3.40. The molecule has 148 valence electrons. The van der Waals surface area contributed by atoms with E-state index in [-0.39, 0.29) is 24.8 Å². The number of furan rings is 1. The van der Waals surface area contributed by atoms with E-state index in [4.69, 9.17) is 8.83 Å². The number of benzene rings is 1. The Morgan fingerprint density at radius 2 is 1.50 bits per heavy atom. The molecule has 7 nitrogen and oxygen atoms in total. The van der Waals surface area contributed by atoms with Crippen LogP contribution in [0.3, 0.4) is 0 Å². The summed E-state index contributed by atoms with van der Waals surface area (Å²) in [5, 5.41) is 1.72. The molecule has 1 aromatic carbocycles. The van der Waals surface area contributed by atoms with Gasteiger partial charge in [0.15, 0.2) is 0 Å². The molecule has 0 N–H and O–H groups in total. The van der Waals surface area contributed by atoms with Gasteiger partial charge >= 0.3 is 5.63 Å². The van der Waals surface area contributed by atoms with E-state index in [0.717, 1.165) is 22.1 Å². The molecule has 0 atom stereocenters. The van der Waals surface area contributed by atoms with Crippen LogP contribution in [0.5, 0.6) is 0 Å². The number of carbonyl (C=O) groups excluding carboxylic acids is 2. The van der Waals surface area contributed by atoms with Crippen molar-refractivity contribution < 1.29 is 18.4 Å². The van der Waals surface area contributed by atoms with E-state index < -0.39 is 5.63 Å². The lowest BCUT2D eigenvalue weighted by Gasteiger charge is -2.19. The Morgan fingerprint density at radius 1 is 0.893 bits per heavy atom. The first-order chi connectivity index (χ1) is 13.1. The maximum atomic E-state index is 12.5. The van der Waals surface area contributed by atoms with Crippen molar-refractivity contribution in [2.24, 2.45) is 0 Å². The normalized spacial score (nSPS) is 11.2. The van der Waals surface area contributed by atoms with E-state index in [1.54, 1.807) is 34.1 Å². The quantitative estimate of drug-likeness (QED) is 0.646. The molecule has 0 unspecified atom stereocenters. The lowest BCUT2D eigenvalue weighted by atomic mass is 10.0. The van der Waals surface area contributed by atoms with Crippen LogP contribution in [0.2, 0.25) is 0 Å². The molecule has 0 aliphatic heterocycles. The Bertz CT molecular complexity index is 1150. The van der Waals surface area contributed by atoms with Gasteiger partial charge in [0.25, 0.3) is 0 Å². The van der Waals surface area contributed by atoms with Gasteiger partial charge in [-0.2, -0.15) is 0 Å². The maximum absolute atomic E-state index is 12.5. The van der Waals surface area contributed by atoms with Crippen LogP contribution in [0.25, 0.3) is 21.9 Å². The molecular weight excluding hydrogens is 360 g/mol. The first-order valence-electron chi connectivity index (χ1n) is 9.00. The lowest BCUT2D eigenvalue weighted by molar-refractivity contribution is -0.137. The molecule has 3 aromatic rings. The minimum atomic E-state index is -0.551. The zero-order valence-electron chi connectivity index (χ0n) is 17.0. The van der Waals surface area contributed by atoms with Crippen LogP contribution >= 0.6 is 0 Å². The zero-order valence-corrected chi connectivity index (χ0v) is 17.0. The van der Waals surface area contributed by atoms with Gasteiger partial charge in [-0.1, -0.05) is 0 Å². The van der Waals surface area contributed by atoms with Crippen molar-refractivity contribution in [3.8, 4) is 0 Å². The van der Waals surface area contributed by atoms with Gasteiger partial charge in [-0.05, 0) is 38.0 Å². The van der Waals surface area contributed by atoms with Crippen LogP contribution in [0.15, 0.2) is 25.8 Å². The van der Waals surface area contributed by atoms with E-state index in [2.05, 4.69) is 0 Å². The first kappa shape index (κ1) is 19.7. The Hall–Kier alpha value is -3.09. The molecule has 2 heterocycles. The van der Waals surface area contributed by atoms with Gasteiger partial charge in [0.2, 0.25) is 11.8 Å². The number of amides is 2. The summed E-state index contributed by atoms with van der Waals surface area (Å²) >= 11 is 0. The Labute approximate surface area is 162 Å². The summed E-state index contributed by atoms with van der Waals surface area (Å²) in [4.78, 5) is 39.6. The average molecular weight is 384 g/mol. The van der Waals surface area contributed by atoms with Gasteiger partial charge in [-0.3, -0.25) is 9.59 Å². The predicted molar refractivity (Wildman–Crippen MR) is 107 cm³/mol. The summed E-state index contributed by atoms with van der Waals surface area (Å²) in [5.41, 5.74) is 2.57. The van der Waals surface area contributed by atoms with E-state index in [1.165, 1.54) is 9.80 Å². The highest BCUT2D eigenvalue weighted by molar-refractivity contribution is 5.97. The smallest absolute Gasteiger partial charge is 0.340 e. The molecule has 0 saturated carbocycles. The predicted octanol–water partition coefficient (Wildman–Crippen LogP) is 2.55. The minimum Gasteiger partial charge on any atom is -0.461 e. The second-order valence-corrected chi connectivity index (χ2v) is 7.34. The summed E-state index contributed by atoms with van der Waals surface area (Å²) in [6.07, 6.45) is -0.122. The van der Waals surface area contributed by atoms with Crippen LogP contribution in [0, 0.1) is 20.8 Å². The van der Waals surface area contributed by atoms with Gasteiger partial charge in [0.1, 0.15) is 16.9 Å². The monoisotopic (exact) mass is 384 g/mol. The highest BCUT2D eigenvalue weighted by Crippen LogP contribution is 2.31. The molecule has 2 aromatic heterocycles. The fourth-order valence-corrected chi connectivity index (χ4v) is 3.15. The molecular formula is C21H24N2O5. The van der Waals surface area contributed by atoms with E-state index in [1.807, 2.05) is 19.9 Å². The summed E-state index contributed by atoms with van der Waals surface area (Å²) in [5.74, 6) is 0.306. The van der Waals surface area contributed by atoms with Crippen molar-refractivity contribution in [1.82, 2.24) is 9.80 Å². The zero-order chi connectivity index (χ0) is 20.7. The molecule has 0 bridgehead atoms. The number of rotatable bonds is 4. The first-order valence-corrected chi connectivity index (χ1v) is 9.00. The molecule has 0 saturated heterocycles. The third-order valence-corrected chi connectivity index (χ3v) is 5.21. The highest BCUT2D eigenvalue weighted by Gasteiger charge is 2.20. The molecule has 0 spiro atoms. The van der Waals surface area contributed by atoms with Crippen molar-refractivity contribution >= 4 is 33.8 Å². The van der Waals surface area contributed by atoms with Crippen LogP contribution in [0.1, 0.15) is 22.5 Å². The Kier molecular flexibility index (Phi) is 5.02. The number of carbonyl (C=O) groups is 2. The average Bonchev–Trinajstić information content (AvgIpc) is 2.90. The number of hydrogen-bond acceptors (Lipinski definition) is 5. The van der Waals surface area contributed by atoms with Crippen molar-refractivity contribution in [2.45, 2.75) is 27.2 Å². The summed E-state index contributed by atoms with van der Waals surface area (Å²) < 4.78 is 11.2. The molecule has 3 rings (SSSR count). The van der Waals surface area contributed by atoms with Gasteiger partial charge in [-0.15, -0.1) is 0 Å². The fraction of sp³-hybridized carbons (Fsp3) is 0.381. The molecule has 0 radical (unpaired) electrons.